The van der Waals surface area contributed by atoms with Crippen LogP contribution in [0.4, 0.5) is 27.6 Å². The molecule has 2 heterocycles. The van der Waals surface area contributed by atoms with Crippen molar-refractivity contribution in [3.63, 3.8) is 0 Å². The average Bonchev–Trinajstić information content (AvgIpc) is 3.12. The zero-order valence-corrected chi connectivity index (χ0v) is 16.1. The van der Waals surface area contributed by atoms with E-state index in [0.717, 1.165) is 51.2 Å². The molecule has 0 saturated heterocycles. The standard InChI is InChI=1S/C18H18F5N5O2/c1-16(2)18(22,23)17(3,26-15(24)30-16)10-8-9(4-5-11(10)19)25-13(29)12-6-7-28(27-12)14(20)21/h4-8,14H,1-3H3,(H2,24,26)(H,25,29). The number of halogens is 5. The molecule has 1 aliphatic rings. The number of hydrogen-bond donors (Lipinski definition) is 2. The summed E-state index contributed by atoms with van der Waals surface area (Å²) < 4.78 is 75.4. The minimum Gasteiger partial charge on any atom is -0.453 e. The Morgan fingerprint density at radius 1 is 1.23 bits per heavy atom. The molecule has 3 N–H and O–H groups in total. The largest absolute Gasteiger partial charge is 0.453 e. The number of carbonyl (C=O) groups is 1. The molecule has 1 atom stereocenters. The summed E-state index contributed by atoms with van der Waals surface area (Å²) >= 11 is 0. The Kier molecular flexibility index (Phi) is 4.99. The monoisotopic (exact) mass is 431 g/mol. The van der Waals surface area contributed by atoms with E-state index in [-0.39, 0.29) is 16.1 Å². The Labute approximate surface area is 167 Å². The zero-order chi connectivity index (χ0) is 22.5. The van der Waals surface area contributed by atoms with Crippen LogP contribution >= 0.6 is 0 Å². The van der Waals surface area contributed by atoms with Gasteiger partial charge in [-0.25, -0.2) is 14.1 Å². The number of aromatic nitrogens is 2. The van der Waals surface area contributed by atoms with Gasteiger partial charge in [0.25, 0.3) is 11.9 Å². The van der Waals surface area contributed by atoms with Crippen LogP contribution in [0.15, 0.2) is 35.5 Å². The fraction of sp³-hybridized carbons (Fsp3) is 0.389. The quantitative estimate of drug-likeness (QED) is 0.723. The van der Waals surface area contributed by atoms with E-state index in [1.165, 1.54) is 0 Å². The molecule has 12 heteroatoms. The van der Waals surface area contributed by atoms with Gasteiger partial charge in [-0.2, -0.15) is 22.7 Å². The van der Waals surface area contributed by atoms with Crippen molar-refractivity contribution in [2.45, 2.75) is 44.4 Å². The van der Waals surface area contributed by atoms with Crippen LogP contribution in [0.25, 0.3) is 0 Å². The van der Waals surface area contributed by atoms with Gasteiger partial charge in [-0.15, -0.1) is 0 Å². The zero-order valence-electron chi connectivity index (χ0n) is 16.1. The van der Waals surface area contributed by atoms with Crippen LogP contribution in [0, 0.1) is 5.82 Å². The first-order valence-electron chi connectivity index (χ1n) is 8.65. The van der Waals surface area contributed by atoms with Gasteiger partial charge < -0.3 is 15.8 Å². The number of nitrogens with one attached hydrogen (secondary N) is 1. The lowest BCUT2D eigenvalue weighted by Gasteiger charge is -2.46. The van der Waals surface area contributed by atoms with Gasteiger partial charge in [0.2, 0.25) is 0 Å². The molecule has 0 saturated carbocycles. The van der Waals surface area contributed by atoms with Crippen molar-refractivity contribution >= 4 is 17.6 Å². The molecule has 0 radical (unpaired) electrons. The van der Waals surface area contributed by atoms with E-state index in [9.17, 15) is 18.0 Å². The Balaban J connectivity index is 1.99. The maximum Gasteiger partial charge on any atom is 0.333 e. The summed E-state index contributed by atoms with van der Waals surface area (Å²) in [7, 11) is 0. The van der Waals surface area contributed by atoms with Crippen molar-refractivity contribution in [1.29, 1.82) is 0 Å². The number of alkyl halides is 4. The number of ether oxygens (including phenoxy) is 1. The molecular weight excluding hydrogens is 413 g/mol. The van der Waals surface area contributed by atoms with E-state index in [0.29, 0.717) is 0 Å². The Bertz CT molecular complexity index is 1020. The second-order valence-electron chi connectivity index (χ2n) is 7.32. The highest BCUT2D eigenvalue weighted by molar-refractivity contribution is 6.02. The predicted octanol–water partition coefficient (Wildman–Crippen LogP) is 3.64. The molecule has 162 valence electrons. The minimum absolute atomic E-state index is 0.0712. The molecule has 0 fully saturated rings. The molecule has 30 heavy (non-hydrogen) atoms. The van der Waals surface area contributed by atoms with Crippen LogP contribution in [-0.4, -0.2) is 33.2 Å². The van der Waals surface area contributed by atoms with E-state index in [1.54, 1.807) is 0 Å². The number of nitrogens with zero attached hydrogens (tertiary/aromatic N) is 3. The predicted molar refractivity (Wildman–Crippen MR) is 96.9 cm³/mol. The van der Waals surface area contributed by atoms with E-state index < -0.39 is 46.9 Å². The van der Waals surface area contributed by atoms with Crippen molar-refractivity contribution < 1.29 is 31.5 Å². The number of nitrogens with two attached hydrogens (primary N) is 1. The van der Waals surface area contributed by atoms with Gasteiger partial charge in [-0.05, 0) is 45.0 Å². The first kappa shape index (κ1) is 21.5. The van der Waals surface area contributed by atoms with Crippen LogP contribution in [0.5, 0.6) is 0 Å². The highest BCUT2D eigenvalue weighted by atomic mass is 19.3. The first-order valence-corrected chi connectivity index (χ1v) is 8.65. The van der Waals surface area contributed by atoms with E-state index in [4.69, 9.17) is 10.5 Å². The molecular formula is C18H18F5N5O2. The molecule has 0 aliphatic carbocycles. The van der Waals surface area contributed by atoms with Crippen molar-refractivity contribution in [3.8, 4) is 0 Å². The lowest BCUT2D eigenvalue weighted by Crippen LogP contribution is -2.62. The second kappa shape index (κ2) is 6.96. The van der Waals surface area contributed by atoms with Crippen LogP contribution in [0.2, 0.25) is 0 Å². The average molecular weight is 431 g/mol. The van der Waals surface area contributed by atoms with Gasteiger partial charge in [0.05, 0.1) is 0 Å². The van der Waals surface area contributed by atoms with Gasteiger partial charge >= 0.3 is 12.5 Å². The third kappa shape index (κ3) is 3.35. The Morgan fingerprint density at radius 3 is 2.50 bits per heavy atom. The molecule has 1 aromatic heterocycles. The lowest BCUT2D eigenvalue weighted by atomic mass is 9.77. The number of hydrogen-bond acceptors (Lipinski definition) is 5. The molecule has 2 aromatic rings. The third-order valence-corrected chi connectivity index (χ3v) is 4.85. The Morgan fingerprint density at radius 2 is 1.90 bits per heavy atom. The van der Waals surface area contributed by atoms with Crippen molar-refractivity contribution in [2.24, 2.45) is 10.7 Å². The van der Waals surface area contributed by atoms with E-state index >= 15 is 8.78 Å². The normalized spacial score (nSPS) is 22.4. The summed E-state index contributed by atoms with van der Waals surface area (Å²) in [5.41, 5.74) is 0.0561. The van der Waals surface area contributed by atoms with Crippen LogP contribution in [0.3, 0.4) is 0 Å². The van der Waals surface area contributed by atoms with Gasteiger partial charge in [-0.3, -0.25) is 4.79 Å². The number of amidine groups is 1. The minimum atomic E-state index is -3.69. The summed E-state index contributed by atoms with van der Waals surface area (Å²) in [5.74, 6) is -5.59. The number of rotatable bonds is 4. The topological polar surface area (TPSA) is 94.5 Å². The SMILES string of the molecule is CC1(C)OC(N)=NC(C)(c2cc(NC(=O)c3ccn(C(F)F)n3)ccc2F)C1(F)F. The molecule has 1 amide bonds. The third-order valence-electron chi connectivity index (χ3n) is 4.85. The second-order valence-corrected chi connectivity index (χ2v) is 7.32. The van der Waals surface area contributed by atoms with Gasteiger partial charge in [0.15, 0.2) is 16.8 Å². The maximum atomic E-state index is 15.2. The van der Waals surface area contributed by atoms with Crippen molar-refractivity contribution in [1.82, 2.24) is 9.78 Å². The molecule has 0 spiro atoms. The molecule has 3 rings (SSSR count). The summed E-state index contributed by atoms with van der Waals surface area (Å²) in [6.07, 6.45) is 0.902. The van der Waals surface area contributed by atoms with Crippen LogP contribution < -0.4 is 11.1 Å². The maximum absolute atomic E-state index is 15.2. The van der Waals surface area contributed by atoms with Crippen molar-refractivity contribution in [2.75, 3.05) is 5.32 Å². The summed E-state index contributed by atoms with van der Waals surface area (Å²) in [6, 6.07) is 3.48. The van der Waals surface area contributed by atoms with Gasteiger partial charge in [0.1, 0.15) is 5.82 Å². The molecule has 7 nitrogen and oxygen atoms in total. The summed E-state index contributed by atoms with van der Waals surface area (Å²) in [4.78, 5) is 15.9. The number of anilines is 1. The first-order chi connectivity index (χ1) is 13.8. The summed E-state index contributed by atoms with van der Waals surface area (Å²) in [6.45, 7) is 0.246. The molecule has 0 bridgehead atoms. The van der Waals surface area contributed by atoms with Gasteiger partial charge in [0, 0.05) is 17.4 Å². The smallest absolute Gasteiger partial charge is 0.333 e. The number of amides is 1. The number of aliphatic imine (C=N–C) groups is 1. The van der Waals surface area contributed by atoms with E-state index in [2.05, 4.69) is 15.4 Å². The number of carbonyl (C=O) groups excluding carboxylic acids is 1. The van der Waals surface area contributed by atoms with E-state index in [1.807, 2.05) is 0 Å². The van der Waals surface area contributed by atoms with Crippen LogP contribution in [-0.2, 0) is 10.3 Å². The fourth-order valence-corrected chi connectivity index (χ4v) is 3.19. The summed E-state index contributed by atoms with van der Waals surface area (Å²) in [5, 5.41) is 5.72. The number of benzene rings is 1. The van der Waals surface area contributed by atoms with Crippen molar-refractivity contribution in [3.05, 3.63) is 47.5 Å². The molecule has 1 aliphatic heterocycles. The fourth-order valence-electron chi connectivity index (χ4n) is 3.19. The molecule has 1 unspecified atom stereocenters. The highest BCUT2D eigenvalue weighted by Gasteiger charge is 2.66. The highest BCUT2D eigenvalue weighted by Crippen LogP contribution is 2.51. The van der Waals surface area contributed by atoms with Crippen LogP contribution in [0.1, 0.15) is 43.4 Å². The van der Waals surface area contributed by atoms with Gasteiger partial charge in [-0.1, -0.05) is 0 Å². The lowest BCUT2D eigenvalue weighted by molar-refractivity contribution is -0.207. The Hall–Kier alpha value is -3.18. The molecule has 1 aromatic carbocycles.